The molecular weight excluding hydrogens is 166 g/mol. The predicted molar refractivity (Wildman–Crippen MR) is 50.9 cm³/mol. The Kier molecular flexibility index (Phi) is 14.9. The van der Waals surface area contributed by atoms with E-state index in [2.05, 4.69) is 19.0 Å². The second kappa shape index (κ2) is 13.5. The van der Waals surface area contributed by atoms with E-state index in [1.807, 2.05) is 0 Å². The lowest BCUT2D eigenvalue weighted by molar-refractivity contribution is 0.503. The van der Waals surface area contributed by atoms with Crippen molar-refractivity contribution in [3.05, 3.63) is 0 Å². The molecule has 0 radical (unpaired) electrons. The van der Waals surface area contributed by atoms with Crippen LogP contribution in [0.25, 0.3) is 0 Å². The summed E-state index contributed by atoms with van der Waals surface area (Å²) in [5, 5.41) is 17.3. The van der Waals surface area contributed by atoms with Crippen LogP contribution in [-0.4, -0.2) is 11.1 Å². The number of aliphatic hydroxyl groups excluding tert-OH is 1. The van der Waals surface area contributed by atoms with E-state index in [9.17, 15) is 0 Å². The van der Waals surface area contributed by atoms with Gasteiger partial charge in [-0.25, -0.2) is 5.53 Å². The zero-order chi connectivity index (χ0) is 10.5. The van der Waals surface area contributed by atoms with Crippen LogP contribution >= 0.6 is 0 Å². The molecule has 4 heteroatoms. The molecule has 1 unspecified atom stereocenters. The highest BCUT2D eigenvalue weighted by molar-refractivity contribution is 4.61. The maximum atomic E-state index is 6.88. The minimum atomic E-state index is 0.310. The molecule has 0 fully saturated rings. The fourth-order valence-electron chi connectivity index (χ4n) is 1.05. The van der Waals surface area contributed by atoms with Crippen molar-refractivity contribution in [3.63, 3.8) is 0 Å². The fraction of sp³-hybridized carbons (Fsp3) is 0.889. The van der Waals surface area contributed by atoms with Gasteiger partial charge in [0.15, 0.2) is 0 Å². The molecule has 0 saturated carbocycles. The third-order valence-electron chi connectivity index (χ3n) is 1.70. The van der Waals surface area contributed by atoms with Gasteiger partial charge in [0.1, 0.15) is 0 Å². The molecule has 0 aromatic rings. The number of unbranched alkanes of at least 4 members (excludes halogenated alkanes) is 1. The first kappa shape index (κ1) is 14.4. The topological polar surface area (TPSA) is 80.2 Å². The molecule has 0 spiro atoms. The fourth-order valence-corrected chi connectivity index (χ4v) is 1.05. The molecule has 4 nitrogen and oxygen atoms in total. The van der Waals surface area contributed by atoms with Gasteiger partial charge >= 0.3 is 0 Å². The van der Waals surface area contributed by atoms with Gasteiger partial charge in [-0.15, -0.1) is 0 Å². The highest BCUT2D eigenvalue weighted by Crippen LogP contribution is 2.09. The maximum Gasteiger partial charge on any atom is 0.283 e. The van der Waals surface area contributed by atoms with Gasteiger partial charge in [-0.1, -0.05) is 33.1 Å². The maximum absolute atomic E-state index is 6.88. The van der Waals surface area contributed by atoms with Crippen molar-refractivity contribution in [2.24, 2.45) is 5.11 Å². The molecule has 0 amide bonds. The van der Waals surface area contributed by atoms with Crippen molar-refractivity contribution in [3.8, 4) is 6.26 Å². The van der Waals surface area contributed by atoms with Gasteiger partial charge in [0, 0.05) is 0 Å². The van der Waals surface area contributed by atoms with Crippen LogP contribution in [-0.2, 0) is 0 Å². The Labute approximate surface area is 80.1 Å². The van der Waals surface area contributed by atoms with E-state index in [1.165, 1.54) is 12.8 Å². The molecule has 0 heterocycles. The Bertz CT molecular complexity index is 142. The molecule has 0 aliphatic rings. The Balaban J connectivity index is 0. The lowest BCUT2D eigenvalue weighted by Crippen LogP contribution is -2.01. The lowest BCUT2D eigenvalue weighted by atomic mass is 10.1. The van der Waals surface area contributed by atoms with Crippen molar-refractivity contribution in [1.82, 2.24) is 0 Å². The van der Waals surface area contributed by atoms with Gasteiger partial charge in [-0.3, -0.25) is 0 Å². The molecule has 0 bridgehead atoms. The average Bonchev–Trinajstić information content (AvgIpc) is 2.13. The first-order valence-electron chi connectivity index (χ1n) is 4.66. The van der Waals surface area contributed by atoms with E-state index in [0.29, 0.717) is 6.04 Å². The molecule has 0 saturated heterocycles. The number of hydrogen-bond acceptors (Lipinski definition) is 4. The summed E-state index contributed by atoms with van der Waals surface area (Å²) in [7, 11) is 0. The van der Waals surface area contributed by atoms with Crippen LogP contribution in [0.1, 0.15) is 46.0 Å². The van der Waals surface area contributed by atoms with Gasteiger partial charge in [0.2, 0.25) is 0 Å². The molecule has 0 aliphatic carbocycles. The molecule has 0 aromatic carbocycles. The summed E-state index contributed by atoms with van der Waals surface area (Å²) in [6.07, 6.45) is 6.52. The minimum absolute atomic E-state index is 0.310. The van der Waals surface area contributed by atoms with Crippen molar-refractivity contribution >= 4 is 0 Å². The Morgan fingerprint density at radius 1 is 1.38 bits per heavy atom. The summed E-state index contributed by atoms with van der Waals surface area (Å²) in [5.41, 5.74) is 6.87. The third-order valence-corrected chi connectivity index (χ3v) is 1.70. The molecule has 76 valence electrons. The highest BCUT2D eigenvalue weighted by atomic mass is 16.2. The lowest BCUT2D eigenvalue weighted by Gasteiger charge is -2.06. The van der Waals surface area contributed by atoms with Gasteiger partial charge in [-0.2, -0.15) is 10.4 Å². The first-order chi connectivity index (χ1) is 6.26. The number of hydrogen-bond donors (Lipinski definition) is 2. The summed E-state index contributed by atoms with van der Waals surface area (Å²) in [4.78, 5) is 0. The molecule has 0 aromatic heterocycles. The third kappa shape index (κ3) is 13.8. The number of nitrogens with one attached hydrogen (secondary N) is 1. The van der Waals surface area contributed by atoms with Crippen LogP contribution < -0.4 is 0 Å². The quantitative estimate of drug-likeness (QED) is 0.492. The summed E-state index contributed by atoms with van der Waals surface area (Å²) in [5.74, 6) is 0. The Morgan fingerprint density at radius 3 is 2.23 bits per heavy atom. The van der Waals surface area contributed by atoms with E-state index in [1.54, 1.807) is 0 Å². The predicted octanol–water partition coefficient (Wildman–Crippen LogP) is 3.22. The molecule has 0 aliphatic heterocycles. The van der Waals surface area contributed by atoms with E-state index in [4.69, 9.17) is 15.9 Å². The summed E-state index contributed by atoms with van der Waals surface area (Å²) in [6, 6.07) is 0.310. The van der Waals surface area contributed by atoms with Crippen LogP contribution in [0.2, 0.25) is 0 Å². The van der Waals surface area contributed by atoms with E-state index < -0.39 is 0 Å². The van der Waals surface area contributed by atoms with Crippen LogP contribution in [0, 0.1) is 17.0 Å². The Hall–Kier alpha value is -1.11. The first-order valence-corrected chi connectivity index (χ1v) is 4.66. The standard InChI is InChI=1S/C8H18N2.CHNO/c1-3-5-7-8(10-9)6-4-2;2-1-3/h8-9H,3-7H2,1-2H3;3H. The van der Waals surface area contributed by atoms with E-state index >= 15 is 0 Å². The zero-order valence-corrected chi connectivity index (χ0v) is 8.45. The molecule has 0 rings (SSSR count). The van der Waals surface area contributed by atoms with Gasteiger partial charge in [-0.05, 0) is 12.8 Å². The summed E-state index contributed by atoms with van der Waals surface area (Å²) in [6.45, 7) is 4.32. The van der Waals surface area contributed by atoms with Gasteiger partial charge < -0.3 is 5.11 Å². The van der Waals surface area contributed by atoms with Crippen molar-refractivity contribution in [2.75, 3.05) is 0 Å². The molecule has 13 heavy (non-hydrogen) atoms. The van der Waals surface area contributed by atoms with Crippen LogP contribution in [0.5, 0.6) is 0 Å². The van der Waals surface area contributed by atoms with Crippen LogP contribution in [0.15, 0.2) is 5.11 Å². The second-order valence-corrected chi connectivity index (χ2v) is 2.81. The zero-order valence-electron chi connectivity index (χ0n) is 8.45. The minimum Gasteiger partial charge on any atom is -0.443 e. The second-order valence-electron chi connectivity index (χ2n) is 2.81. The smallest absolute Gasteiger partial charge is 0.283 e. The van der Waals surface area contributed by atoms with Crippen molar-refractivity contribution < 1.29 is 5.11 Å². The molecule has 2 N–H and O–H groups in total. The number of rotatable bonds is 6. The Morgan fingerprint density at radius 2 is 1.92 bits per heavy atom. The highest BCUT2D eigenvalue weighted by Gasteiger charge is 2.02. The normalized spacial score (nSPS) is 10.5. The summed E-state index contributed by atoms with van der Waals surface area (Å²) >= 11 is 0. The number of aliphatic hydroxyl groups is 1. The van der Waals surface area contributed by atoms with Crippen molar-refractivity contribution in [1.29, 1.82) is 10.8 Å². The summed E-state index contributed by atoms with van der Waals surface area (Å²) < 4.78 is 0. The molecular formula is C9H19N3O. The van der Waals surface area contributed by atoms with Crippen LogP contribution in [0.3, 0.4) is 0 Å². The van der Waals surface area contributed by atoms with Gasteiger partial charge in [0.05, 0.1) is 6.04 Å². The SMILES string of the molecule is CCCCC(CCC)N=N.N#CO. The van der Waals surface area contributed by atoms with E-state index in [0.717, 1.165) is 25.5 Å². The van der Waals surface area contributed by atoms with E-state index in [-0.39, 0.29) is 0 Å². The largest absolute Gasteiger partial charge is 0.443 e. The van der Waals surface area contributed by atoms with Crippen LogP contribution in [0.4, 0.5) is 0 Å². The number of nitriles is 1. The average molecular weight is 185 g/mol. The number of nitrogens with zero attached hydrogens (tertiary/aromatic N) is 2. The van der Waals surface area contributed by atoms with Gasteiger partial charge in [0.25, 0.3) is 6.26 Å². The molecule has 1 atom stereocenters. The van der Waals surface area contributed by atoms with Crippen molar-refractivity contribution in [2.45, 2.75) is 52.0 Å². The monoisotopic (exact) mass is 185 g/mol.